The largest absolute Gasteiger partial charge is 0.480 e. The van der Waals surface area contributed by atoms with Crippen LogP contribution in [-0.4, -0.2) is 53.0 Å². The SMILES string of the molecule is O=C(N[C@@H](CO)C(=O)O)[C@H]1CC[C@H](S(=O)(=O)O)C1. The Morgan fingerprint density at radius 1 is 1.33 bits per heavy atom. The molecule has 1 aliphatic carbocycles. The third kappa shape index (κ3) is 3.65. The number of rotatable bonds is 5. The number of amides is 1. The van der Waals surface area contributed by atoms with E-state index in [1.165, 1.54) is 0 Å². The molecule has 9 heteroatoms. The highest BCUT2D eigenvalue weighted by Gasteiger charge is 2.37. The maximum absolute atomic E-state index is 11.6. The Kier molecular flexibility index (Phi) is 4.65. The number of carbonyl (C=O) groups is 2. The second-order valence-electron chi connectivity index (χ2n) is 4.23. The van der Waals surface area contributed by atoms with Gasteiger partial charge in [0.25, 0.3) is 10.1 Å². The van der Waals surface area contributed by atoms with Crippen LogP contribution in [0.15, 0.2) is 0 Å². The van der Waals surface area contributed by atoms with Crippen LogP contribution in [0.2, 0.25) is 0 Å². The summed E-state index contributed by atoms with van der Waals surface area (Å²) in [6, 6.07) is -1.40. The van der Waals surface area contributed by atoms with Crippen molar-refractivity contribution in [2.45, 2.75) is 30.6 Å². The van der Waals surface area contributed by atoms with Gasteiger partial charge < -0.3 is 15.5 Å². The Morgan fingerprint density at radius 3 is 2.33 bits per heavy atom. The van der Waals surface area contributed by atoms with Crippen molar-refractivity contribution >= 4 is 22.0 Å². The molecule has 0 aliphatic heterocycles. The van der Waals surface area contributed by atoms with Crippen LogP contribution < -0.4 is 5.32 Å². The van der Waals surface area contributed by atoms with Crippen LogP contribution >= 0.6 is 0 Å². The fourth-order valence-corrected chi connectivity index (χ4v) is 2.83. The number of hydrogen-bond acceptors (Lipinski definition) is 5. The average molecular weight is 281 g/mol. The molecule has 0 saturated heterocycles. The Bertz CT molecular complexity index is 432. The molecular formula is C9H15NO7S. The number of aliphatic carboxylic acids is 1. The van der Waals surface area contributed by atoms with E-state index in [0.717, 1.165) is 0 Å². The van der Waals surface area contributed by atoms with Crippen molar-refractivity contribution in [2.24, 2.45) is 5.92 Å². The fraction of sp³-hybridized carbons (Fsp3) is 0.778. The van der Waals surface area contributed by atoms with Crippen LogP contribution in [0, 0.1) is 5.92 Å². The maximum Gasteiger partial charge on any atom is 0.328 e. The quantitative estimate of drug-likeness (QED) is 0.454. The number of aliphatic hydroxyl groups excluding tert-OH is 1. The van der Waals surface area contributed by atoms with E-state index >= 15 is 0 Å². The highest BCUT2D eigenvalue weighted by atomic mass is 32.2. The Balaban J connectivity index is 2.58. The molecule has 1 fully saturated rings. The Labute approximate surface area is 104 Å². The van der Waals surface area contributed by atoms with E-state index in [2.05, 4.69) is 5.32 Å². The van der Waals surface area contributed by atoms with Crippen LogP contribution in [0.5, 0.6) is 0 Å². The predicted octanol–water partition coefficient (Wildman–Crippen LogP) is -1.40. The highest BCUT2D eigenvalue weighted by molar-refractivity contribution is 7.86. The first kappa shape index (κ1) is 14.9. The second kappa shape index (κ2) is 5.63. The Hall–Kier alpha value is -1.19. The van der Waals surface area contributed by atoms with E-state index in [9.17, 15) is 18.0 Å². The lowest BCUT2D eigenvalue weighted by atomic mass is 10.1. The summed E-state index contributed by atoms with van der Waals surface area (Å²) in [5.41, 5.74) is 0. The number of carboxylic acid groups (broad SMARTS) is 1. The lowest BCUT2D eigenvalue weighted by Crippen LogP contribution is -2.45. The van der Waals surface area contributed by atoms with Gasteiger partial charge in [-0.15, -0.1) is 0 Å². The predicted molar refractivity (Wildman–Crippen MR) is 59.3 cm³/mol. The summed E-state index contributed by atoms with van der Waals surface area (Å²) in [6.07, 6.45) is 0.379. The minimum Gasteiger partial charge on any atom is -0.480 e. The molecule has 0 bridgehead atoms. The van der Waals surface area contributed by atoms with Crippen LogP contribution in [0.4, 0.5) is 0 Å². The minimum atomic E-state index is -4.17. The molecule has 3 atom stereocenters. The summed E-state index contributed by atoms with van der Waals surface area (Å²) in [6.45, 7) is -0.741. The van der Waals surface area contributed by atoms with Gasteiger partial charge in [-0.1, -0.05) is 0 Å². The summed E-state index contributed by atoms with van der Waals surface area (Å²) in [5, 5.41) is 18.5. The monoisotopic (exact) mass is 281 g/mol. The van der Waals surface area contributed by atoms with Crippen LogP contribution in [0.25, 0.3) is 0 Å². The third-order valence-electron chi connectivity index (χ3n) is 2.97. The summed E-state index contributed by atoms with van der Waals surface area (Å²) >= 11 is 0. The van der Waals surface area contributed by atoms with Crippen molar-refractivity contribution in [2.75, 3.05) is 6.61 Å². The standard InChI is InChI=1S/C9H15NO7S/c11-4-7(9(13)14)10-8(12)5-1-2-6(3-5)18(15,16)17/h5-7,11H,1-4H2,(H,10,12)(H,13,14)(H,15,16,17)/t5-,6-,7-/m0/s1. The second-order valence-corrected chi connectivity index (χ2v) is 5.93. The van der Waals surface area contributed by atoms with Crippen LogP contribution in [0.1, 0.15) is 19.3 Å². The van der Waals surface area contributed by atoms with Crippen molar-refractivity contribution in [1.29, 1.82) is 0 Å². The first-order valence-electron chi connectivity index (χ1n) is 5.36. The molecule has 0 aromatic rings. The number of nitrogens with one attached hydrogen (secondary N) is 1. The van der Waals surface area contributed by atoms with E-state index in [0.29, 0.717) is 0 Å². The molecule has 0 aromatic heterocycles. The van der Waals surface area contributed by atoms with E-state index in [1.54, 1.807) is 0 Å². The molecule has 1 aliphatic rings. The van der Waals surface area contributed by atoms with E-state index in [-0.39, 0.29) is 19.3 Å². The van der Waals surface area contributed by atoms with Crippen molar-refractivity contribution in [3.05, 3.63) is 0 Å². The molecule has 18 heavy (non-hydrogen) atoms. The normalized spacial score (nSPS) is 25.7. The molecule has 0 spiro atoms. The number of hydrogen-bond donors (Lipinski definition) is 4. The summed E-state index contributed by atoms with van der Waals surface area (Å²) in [4.78, 5) is 22.2. The topological polar surface area (TPSA) is 141 Å². The van der Waals surface area contributed by atoms with Crippen molar-refractivity contribution in [3.63, 3.8) is 0 Å². The maximum atomic E-state index is 11.6. The van der Waals surface area contributed by atoms with Gasteiger partial charge in [0.15, 0.2) is 0 Å². The summed E-state index contributed by atoms with van der Waals surface area (Å²) < 4.78 is 30.6. The molecule has 1 amide bonds. The van der Waals surface area contributed by atoms with Gasteiger partial charge in [0.2, 0.25) is 5.91 Å². The highest BCUT2D eigenvalue weighted by Crippen LogP contribution is 2.30. The van der Waals surface area contributed by atoms with Gasteiger partial charge in [-0.3, -0.25) is 9.35 Å². The molecule has 104 valence electrons. The molecule has 0 heterocycles. The van der Waals surface area contributed by atoms with Gasteiger partial charge >= 0.3 is 5.97 Å². The lowest BCUT2D eigenvalue weighted by Gasteiger charge is -2.15. The Morgan fingerprint density at radius 2 is 1.94 bits per heavy atom. The van der Waals surface area contributed by atoms with Gasteiger partial charge in [0, 0.05) is 5.92 Å². The zero-order chi connectivity index (χ0) is 13.9. The van der Waals surface area contributed by atoms with Gasteiger partial charge in [-0.25, -0.2) is 4.79 Å². The first-order chi connectivity index (χ1) is 8.25. The van der Waals surface area contributed by atoms with Gasteiger partial charge in [0.1, 0.15) is 6.04 Å². The molecule has 1 saturated carbocycles. The van der Waals surface area contributed by atoms with Crippen molar-refractivity contribution in [3.8, 4) is 0 Å². The van der Waals surface area contributed by atoms with E-state index in [4.69, 9.17) is 14.8 Å². The fourth-order valence-electron chi connectivity index (χ4n) is 1.92. The smallest absolute Gasteiger partial charge is 0.328 e. The third-order valence-corrected chi connectivity index (χ3v) is 4.24. The first-order valence-corrected chi connectivity index (χ1v) is 6.86. The molecule has 4 N–H and O–H groups in total. The lowest BCUT2D eigenvalue weighted by molar-refractivity contribution is -0.143. The molecule has 8 nitrogen and oxygen atoms in total. The molecule has 0 unspecified atom stereocenters. The van der Waals surface area contributed by atoms with Gasteiger partial charge in [-0.05, 0) is 19.3 Å². The summed E-state index contributed by atoms with van der Waals surface area (Å²) in [5.74, 6) is -2.65. The number of carboxylic acids is 1. The van der Waals surface area contributed by atoms with Crippen molar-refractivity contribution < 1.29 is 32.8 Å². The molecule has 0 radical (unpaired) electrons. The molecule has 1 rings (SSSR count). The van der Waals surface area contributed by atoms with Gasteiger partial charge in [-0.2, -0.15) is 8.42 Å². The number of carbonyl (C=O) groups excluding carboxylic acids is 1. The van der Waals surface area contributed by atoms with Crippen LogP contribution in [-0.2, 0) is 19.7 Å². The minimum absolute atomic E-state index is 0.0393. The summed E-state index contributed by atoms with van der Waals surface area (Å²) in [7, 11) is -4.17. The van der Waals surface area contributed by atoms with Crippen molar-refractivity contribution in [1.82, 2.24) is 5.32 Å². The van der Waals surface area contributed by atoms with Crippen LogP contribution in [0.3, 0.4) is 0 Å². The van der Waals surface area contributed by atoms with E-state index < -0.39 is 45.8 Å². The van der Waals surface area contributed by atoms with Gasteiger partial charge in [0.05, 0.1) is 11.9 Å². The van der Waals surface area contributed by atoms with E-state index in [1.807, 2.05) is 0 Å². The average Bonchev–Trinajstić information content (AvgIpc) is 2.73. The molecule has 0 aromatic carbocycles. The molecular weight excluding hydrogens is 266 g/mol. The zero-order valence-corrected chi connectivity index (χ0v) is 10.3. The zero-order valence-electron chi connectivity index (χ0n) is 9.44. The number of aliphatic hydroxyl groups is 1.